The van der Waals surface area contributed by atoms with Crippen LogP contribution in [0.25, 0.3) is 9.30 Å². The van der Waals surface area contributed by atoms with Crippen LogP contribution in [0.4, 0.5) is 0 Å². The van der Waals surface area contributed by atoms with Gasteiger partial charge in [-0.3, -0.25) is 4.44 Å². The molecule has 0 aliphatic heterocycles. The Balaban J connectivity index is -0.000000380. The fourth-order valence-electron chi connectivity index (χ4n) is 2.78. The number of hydrogen-bond donors (Lipinski definition) is 0. The van der Waals surface area contributed by atoms with E-state index in [4.69, 9.17) is 50.3 Å². The molecule has 3 nitrogen and oxygen atoms in total. The van der Waals surface area contributed by atoms with Crippen molar-refractivity contribution in [1.29, 1.82) is 0 Å². The molecule has 0 spiro atoms. The summed E-state index contributed by atoms with van der Waals surface area (Å²) in [6.07, 6.45) is 0. The fraction of sp³-hybridized carbons (Fsp3) is 0.684. The van der Waals surface area contributed by atoms with Crippen molar-refractivity contribution in [1.82, 2.24) is 0 Å². The first-order valence-corrected chi connectivity index (χ1v) is 28.7. The van der Waals surface area contributed by atoms with E-state index in [1.807, 2.05) is 24.3 Å². The molecule has 1 aromatic rings. The Kier molecular flexibility index (Phi) is 18.3. The van der Waals surface area contributed by atoms with Crippen molar-refractivity contribution < 1.29 is 4.74 Å². The van der Waals surface area contributed by atoms with Crippen LogP contribution in [0.5, 0.6) is 5.75 Å². The number of rotatable bonds is 6. The predicted octanol–water partition coefficient (Wildman–Crippen LogP) is 7.40. The zero-order chi connectivity index (χ0) is 24.6. The Hall–Kier alpha value is 1.96. The van der Waals surface area contributed by atoms with Crippen LogP contribution in [-0.2, 0) is 36.3 Å². The summed E-state index contributed by atoms with van der Waals surface area (Å²) in [4.78, 5) is 0. The summed E-state index contributed by atoms with van der Waals surface area (Å²) >= 11 is 15.1. The number of methoxy groups -OCH3 is 1. The Labute approximate surface area is 230 Å². The van der Waals surface area contributed by atoms with Gasteiger partial charge in [0.25, 0.3) is 0 Å². The minimum Gasteiger partial charge on any atom is -0.766 e. The van der Waals surface area contributed by atoms with Gasteiger partial charge in [0.1, 0.15) is 5.75 Å². The molecule has 12 heteroatoms. The molecular weight excluding hydrogens is 630 g/mol. The van der Waals surface area contributed by atoms with Crippen LogP contribution in [0.15, 0.2) is 24.3 Å². The number of ether oxygens (including phenoxy) is 1. The van der Waals surface area contributed by atoms with Gasteiger partial charge >= 0.3 is 23.9 Å². The van der Waals surface area contributed by atoms with Gasteiger partial charge in [-0.25, -0.2) is 0 Å². The Bertz CT molecular complexity index is 615. The molecule has 31 heavy (non-hydrogen) atoms. The number of hydrogen-bond acceptors (Lipinski definition) is 4. The van der Waals surface area contributed by atoms with Crippen LogP contribution >= 0.6 is 4.44 Å². The van der Waals surface area contributed by atoms with E-state index in [9.17, 15) is 0 Å². The van der Waals surface area contributed by atoms with Crippen LogP contribution in [0.1, 0.15) is 0 Å². The van der Waals surface area contributed by atoms with Crippen molar-refractivity contribution in [3.05, 3.63) is 33.6 Å². The van der Waals surface area contributed by atoms with Crippen molar-refractivity contribution in [3.8, 4) is 5.75 Å². The quantitative estimate of drug-likeness (QED) is 0.179. The van der Waals surface area contributed by atoms with E-state index in [-0.39, 0.29) is 23.9 Å². The largest absolute Gasteiger partial charge is 4.00 e. The maximum atomic E-state index is 5.03. The predicted molar refractivity (Wildman–Crippen MR) is 167 cm³/mol. The number of nitrogens with zero attached hydrogens (tertiary/aromatic N) is 2. The average Bonchev–Trinajstić information content (AvgIpc) is 2.39. The van der Waals surface area contributed by atoms with Crippen molar-refractivity contribution in [2.45, 2.75) is 78.6 Å². The topological polar surface area (TPSA) is 37.4 Å². The molecule has 0 amide bonds. The van der Waals surface area contributed by atoms with Crippen molar-refractivity contribution in [2.24, 2.45) is 0 Å². The summed E-state index contributed by atoms with van der Waals surface area (Å²) in [5, 5.41) is 0.892. The van der Waals surface area contributed by atoms with E-state index in [1.165, 1.54) is 0 Å². The van der Waals surface area contributed by atoms with E-state index in [2.05, 4.69) is 78.6 Å². The number of benzene rings is 1. The van der Waals surface area contributed by atoms with Gasteiger partial charge in [0.2, 0.25) is 0 Å². The van der Waals surface area contributed by atoms with Gasteiger partial charge in [-0.05, 0) is 12.1 Å². The van der Waals surface area contributed by atoms with Crippen LogP contribution in [0.2, 0.25) is 78.6 Å². The molecule has 0 fully saturated rings. The van der Waals surface area contributed by atoms with E-state index >= 15 is 0 Å². The van der Waals surface area contributed by atoms with Gasteiger partial charge in [0.15, 0.2) is 0 Å². The normalized spacial score (nSPS) is 12.5. The first-order chi connectivity index (χ1) is 13.0. The van der Waals surface area contributed by atoms with Crippen molar-refractivity contribution in [3.63, 3.8) is 0 Å². The SMILES string of the molecule is COc1ccc(P(=S)([S-])[S-])cc1.C[Si](C)(C)[N-][Si](C)(C)C.C[Si](C)(C)[N-][Si](C)(C)C.[Sn+4]. The Morgan fingerprint density at radius 3 is 1.06 bits per heavy atom. The maximum Gasteiger partial charge on any atom is 4.00 e. The second-order valence-electron chi connectivity index (χ2n) is 11.1. The molecule has 0 unspecified atom stereocenters. The first-order valence-electron chi connectivity index (χ1n) is 10.1. The van der Waals surface area contributed by atoms with Gasteiger partial charge in [-0.15, -0.1) is 11.8 Å². The standard InChI is InChI=1S/C7H9OPS3.2C6H18NSi2.Sn/c1-8-6-2-4-7(5-3-6)9(10,11)12;2*1-8(2,3)7-9(4,5)6;/h2-5H,1H3,(H2,10,11,12);2*1-6H3;/q;2*-1;+4/p-2. The third-order valence-electron chi connectivity index (χ3n) is 2.73. The monoisotopic (exact) mass is 674 g/mol. The second-order valence-corrected chi connectivity index (χ2v) is 38.8. The van der Waals surface area contributed by atoms with Gasteiger partial charge in [0.05, 0.1) is 7.11 Å². The summed E-state index contributed by atoms with van der Waals surface area (Å²) in [6.45, 7) is 27.6. The molecule has 0 saturated heterocycles. The van der Waals surface area contributed by atoms with Crippen LogP contribution < -0.4 is 10.0 Å². The van der Waals surface area contributed by atoms with Crippen molar-refractivity contribution >= 4 is 103 Å². The third-order valence-corrected chi connectivity index (χ3v) is 16.3. The van der Waals surface area contributed by atoms with E-state index in [0.29, 0.717) is 0 Å². The van der Waals surface area contributed by atoms with Crippen LogP contribution in [-0.4, -0.2) is 64.0 Å². The van der Waals surface area contributed by atoms with Crippen LogP contribution in [0.3, 0.4) is 0 Å². The minimum atomic E-state index is -2.10. The molecule has 0 aliphatic rings. The van der Waals surface area contributed by atoms with E-state index in [1.54, 1.807) is 7.11 Å². The molecule has 1 rings (SSSR count). The van der Waals surface area contributed by atoms with Crippen LogP contribution in [0, 0.1) is 0 Å². The molecule has 1 aromatic carbocycles. The Morgan fingerprint density at radius 2 is 0.935 bits per heavy atom. The van der Waals surface area contributed by atoms with E-state index in [0.717, 1.165) is 11.1 Å². The summed E-state index contributed by atoms with van der Waals surface area (Å²) in [5.74, 6) is 0.798. The summed E-state index contributed by atoms with van der Waals surface area (Å²) in [5.41, 5.74) is 0. The molecular formula is C19H43N2OPS3Si4Sn. The Morgan fingerprint density at radius 1 is 0.677 bits per heavy atom. The molecule has 0 saturated carbocycles. The summed E-state index contributed by atoms with van der Waals surface area (Å²) in [7, 11) is -2.81. The zero-order valence-corrected chi connectivity index (χ0v) is 32.0. The average molecular weight is 674 g/mol. The third kappa shape index (κ3) is 28.1. The van der Waals surface area contributed by atoms with Gasteiger partial charge in [-0.2, -0.15) is 0 Å². The molecule has 0 aliphatic carbocycles. The molecule has 0 N–H and O–H groups in total. The first kappa shape index (κ1) is 37.5. The molecule has 0 atom stereocenters. The summed E-state index contributed by atoms with van der Waals surface area (Å²) < 4.78 is 12.5. The zero-order valence-electron chi connectivity index (χ0n) is 21.8. The van der Waals surface area contributed by atoms with Gasteiger partial charge < -0.3 is 38.5 Å². The molecule has 178 valence electrons. The molecule has 0 radical (unpaired) electrons. The molecule has 0 heterocycles. The van der Waals surface area contributed by atoms with E-state index < -0.39 is 37.4 Å². The maximum absolute atomic E-state index is 5.03. The van der Waals surface area contributed by atoms with Crippen molar-refractivity contribution in [2.75, 3.05) is 7.11 Å². The van der Waals surface area contributed by atoms with Gasteiger partial charge in [-0.1, -0.05) is 129 Å². The molecule has 0 bridgehead atoms. The summed E-state index contributed by atoms with van der Waals surface area (Å²) in [6, 6.07) is 7.35. The minimum absolute atomic E-state index is 0. The smallest absolute Gasteiger partial charge is 0.766 e. The van der Waals surface area contributed by atoms with Gasteiger partial charge in [0, 0.05) is 0 Å². The second kappa shape index (κ2) is 15.2. The molecule has 0 aromatic heterocycles. The fourth-order valence-corrected chi connectivity index (χ4v) is 20.5.